The standard InChI is InChI=1S/C18H18O4/c1-13-5-4-6-15(11-13)22-18(19)10-8-14-7-9-16(20-2)17(12-14)21-3/h4-12H,1-3H3/b10-8+. The first-order valence-electron chi connectivity index (χ1n) is 6.81. The summed E-state index contributed by atoms with van der Waals surface area (Å²) in [7, 11) is 3.14. The highest BCUT2D eigenvalue weighted by Gasteiger charge is 2.04. The zero-order valence-electron chi connectivity index (χ0n) is 12.8. The molecule has 0 aliphatic heterocycles. The van der Waals surface area contributed by atoms with Crippen LogP contribution in [0.1, 0.15) is 11.1 Å². The molecule has 2 aromatic carbocycles. The van der Waals surface area contributed by atoms with E-state index in [0.29, 0.717) is 17.2 Å². The molecule has 0 aromatic heterocycles. The van der Waals surface area contributed by atoms with E-state index >= 15 is 0 Å². The average molecular weight is 298 g/mol. The lowest BCUT2D eigenvalue weighted by molar-refractivity contribution is -0.128. The maximum Gasteiger partial charge on any atom is 0.336 e. The van der Waals surface area contributed by atoms with Crippen LogP contribution >= 0.6 is 0 Å². The van der Waals surface area contributed by atoms with Gasteiger partial charge in [-0.25, -0.2) is 4.79 Å². The van der Waals surface area contributed by atoms with Crippen molar-refractivity contribution in [2.75, 3.05) is 14.2 Å². The molecular formula is C18H18O4. The number of aryl methyl sites for hydroxylation is 1. The Kier molecular flexibility index (Phi) is 5.20. The van der Waals surface area contributed by atoms with Crippen LogP contribution in [0.25, 0.3) is 6.08 Å². The summed E-state index contributed by atoms with van der Waals surface area (Å²) in [6, 6.07) is 12.7. The van der Waals surface area contributed by atoms with Gasteiger partial charge in [-0.1, -0.05) is 18.2 Å². The van der Waals surface area contributed by atoms with Gasteiger partial charge < -0.3 is 14.2 Å². The predicted molar refractivity (Wildman–Crippen MR) is 85.4 cm³/mol. The Morgan fingerprint density at radius 1 is 1.00 bits per heavy atom. The highest BCUT2D eigenvalue weighted by atomic mass is 16.5. The van der Waals surface area contributed by atoms with E-state index in [1.54, 1.807) is 38.5 Å². The van der Waals surface area contributed by atoms with Gasteiger partial charge in [-0.2, -0.15) is 0 Å². The van der Waals surface area contributed by atoms with Crippen LogP contribution < -0.4 is 14.2 Å². The summed E-state index contributed by atoms with van der Waals surface area (Å²) in [5.41, 5.74) is 1.85. The summed E-state index contributed by atoms with van der Waals surface area (Å²) in [6.45, 7) is 1.94. The highest BCUT2D eigenvalue weighted by molar-refractivity contribution is 5.88. The van der Waals surface area contributed by atoms with Gasteiger partial charge in [-0.05, 0) is 48.4 Å². The van der Waals surface area contributed by atoms with Crippen LogP contribution in [0.2, 0.25) is 0 Å². The smallest absolute Gasteiger partial charge is 0.336 e. The SMILES string of the molecule is COc1ccc(/C=C/C(=O)Oc2cccc(C)c2)cc1OC. The first kappa shape index (κ1) is 15.6. The molecule has 0 bridgehead atoms. The minimum absolute atomic E-state index is 0.430. The minimum Gasteiger partial charge on any atom is -0.493 e. The van der Waals surface area contributed by atoms with Crippen LogP contribution in [0.15, 0.2) is 48.5 Å². The largest absolute Gasteiger partial charge is 0.493 e. The van der Waals surface area contributed by atoms with E-state index in [9.17, 15) is 4.79 Å². The van der Waals surface area contributed by atoms with Crippen molar-refractivity contribution in [3.05, 3.63) is 59.7 Å². The van der Waals surface area contributed by atoms with Gasteiger partial charge in [0, 0.05) is 6.08 Å². The lowest BCUT2D eigenvalue weighted by Gasteiger charge is -2.07. The van der Waals surface area contributed by atoms with Gasteiger partial charge in [0.05, 0.1) is 14.2 Å². The third kappa shape index (κ3) is 4.12. The van der Waals surface area contributed by atoms with E-state index in [1.807, 2.05) is 31.2 Å². The van der Waals surface area contributed by atoms with Crippen LogP contribution in [-0.2, 0) is 4.79 Å². The molecule has 0 fully saturated rings. The molecule has 0 amide bonds. The molecule has 4 heteroatoms. The number of hydrogen-bond donors (Lipinski definition) is 0. The molecule has 0 unspecified atom stereocenters. The number of hydrogen-bond acceptors (Lipinski definition) is 4. The molecule has 2 aromatic rings. The topological polar surface area (TPSA) is 44.8 Å². The first-order valence-corrected chi connectivity index (χ1v) is 6.81. The zero-order chi connectivity index (χ0) is 15.9. The van der Waals surface area contributed by atoms with Crippen molar-refractivity contribution in [3.63, 3.8) is 0 Å². The minimum atomic E-state index is -0.430. The summed E-state index contributed by atoms with van der Waals surface area (Å²) in [4.78, 5) is 11.8. The fraction of sp³-hybridized carbons (Fsp3) is 0.167. The molecule has 0 saturated carbocycles. The molecule has 22 heavy (non-hydrogen) atoms. The van der Waals surface area contributed by atoms with Crippen LogP contribution in [-0.4, -0.2) is 20.2 Å². The van der Waals surface area contributed by atoms with Crippen molar-refractivity contribution >= 4 is 12.0 Å². The second kappa shape index (κ2) is 7.31. The Labute approximate surface area is 129 Å². The van der Waals surface area contributed by atoms with E-state index < -0.39 is 5.97 Å². The van der Waals surface area contributed by atoms with Gasteiger partial charge >= 0.3 is 5.97 Å². The number of rotatable bonds is 5. The Hall–Kier alpha value is -2.75. The van der Waals surface area contributed by atoms with Crippen molar-refractivity contribution in [2.45, 2.75) is 6.92 Å². The average Bonchev–Trinajstić information content (AvgIpc) is 2.52. The molecule has 2 rings (SSSR count). The van der Waals surface area contributed by atoms with Crippen molar-refractivity contribution in [1.82, 2.24) is 0 Å². The number of carbonyl (C=O) groups excluding carboxylic acids is 1. The van der Waals surface area contributed by atoms with Crippen molar-refractivity contribution in [2.24, 2.45) is 0 Å². The lowest BCUT2D eigenvalue weighted by atomic mass is 10.2. The molecule has 0 spiro atoms. The molecule has 0 heterocycles. The van der Waals surface area contributed by atoms with Gasteiger partial charge in [0.1, 0.15) is 5.75 Å². The van der Waals surface area contributed by atoms with Crippen molar-refractivity contribution in [3.8, 4) is 17.2 Å². The zero-order valence-corrected chi connectivity index (χ0v) is 12.8. The summed E-state index contributed by atoms with van der Waals surface area (Å²) >= 11 is 0. The number of methoxy groups -OCH3 is 2. The third-order valence-corrected chi connectivity index (χ3v) is 3.03. The summed E-state index contributed by atoms with van der Waals surface area (Å²) in [6.07, 6.45) is 3.05. The number of ether oxygens (including phenoxy) is 3. The molecule has 0 atom stereocenters. The fourth-order valence-corrected chi connectivity index (χ4v) is 1.95. The van der Waals surface area contributed by atoms with Gasteiger partial charge in [0.15, 0.2) is 11.5 Å². The van der Waals surface area contributed by atoms with Gasteiger partial charge in [-0.3, -0.25) is 0 Å². The Bertz CT molecular complexity index is 689. The van der Waals surface area contributed by atoms with Gasteiger partial charge in [0.2, 0.25) is 0 Å². The molecule has 0 N–H and O–H groups in total. The quantitative estimate of drug-likeness (QED) is 0.480. The normalized spacial score (nSPS) is 10.5. The summed E-state index contributed by atoms with van der Waals surface area (Å²) < 4.78 is 15.6. The number of esters is 1. The van der Waals surface area contributed by atoms with E-state index in [0.717, 1.165) is 11.1 Å². The number of benzene rings is 2. The van der Waals surface area contributed by atoms with Crippen LogP contribution in [0.5, 0.6) is 17.2 Å². The second-order valence-electron chi connectivity index (χ2n) is 4.69. The summed E-state index contributed by atoms with van der Waals surface area (Å²) in [5, 5.41) is 0. The van der Waals surface area contributed by atoms with Crippen molar-refractivity contribution < 1.29 is 19.0 Å². The van der Waals surface area contributed by atoms with Crippen molar-refractivity contribution in [1.29, 1.82) is 0 Å². The monoisotopic (exact) mass is 298 g/mol. The van der Waals surface area contributed by atoms with Crippen LogP contribution in [0, 0.1) is 6.92 Å². The second-order valence-corrected chi connectivity index (χ2v) is 4.69. The first-order chi connectivity index (χ1) is 10.6. The Morgan fingerprint density at radius 3 is 2.45 bits per heavy atom. The molecule has 114 valence electrons. The van der Waals surface area contributed by atoms with Gasteiger partial charge in [0.25, 0.3) is 0 Å². The van der Waals surface area contributed by atoms with E-state index in [4.69, 9.17) is 14.2 Å². The summed E-state index contributed by atoms with van der Waals surface area (Å²) in [5.74, 6) is 1.35. The molecule has 0 aliphatic carbocycles. The third-order valence-electron chi connectivity index (χ3n) is 3.03. The van der Waals surface area contributed by atoms with E-state index in [-0.39, 0.29) is 0 Å². The lowest BCUT2D eigenvalue weighted by Crippen LogP contribution is -2.03. The van der Waals surface area contributed by atoms with Crippen LogP contribution in [0.4, 0.5) is 0 Å². The Balaban J connectivity index is 2.06. The van der Waals surface area contributed by atoms with E-state index in [1.165, 1.54) is 6.08 Å². The molecule has 4 nitrogen and oxygen atoms in total. The molecular weight excluding hydrogens is 280 g/mol. The Morgan fingerprint density at radius 2 is 1.77 bits per heavy atom. The number of carbonyl (C=O) groups is 1. The molecule has 0 aliphatic rings. The predicted octanol–water partition coefficient (Wildman–Crippen LogP) is 3.63. The molecule has 0 radical (unpaired) electrons. The maximum atomic E-state index is 11.8. The maximum absolute atomic E-state index is 11.8. The molecule has 0 saturated heterocycles. The highest BCUT2D eigenvalue weighted by Crippen LogP contribution is 2.28. The van der Waals surface area contributed by atoms with E-state index in [2.05, 4.69) is 0 Å². The van der Waals surface area contributed by atoms with Crippen LogP contribution in [0.3, 0.4) is 0 Å². The van der Waals surface area contributed by atoms with Gasteiger partial charge in [-0.15, -0.1) is 0 Å². The fourth-order valence-electron chi connectivity index (χ4n) is 1.95.